The molecule has 0 fully saturated rings. The van der Waals surface area contributed by atoms with Gasteiger partial charge < -0.3 is 20.9 Å². The van der Waals surface area contributed by atoms with Gasteiger partial charge in [0, 0.05) is 49.2 Å². The molecule has 0 spiro atoms. The number of aryl methyl sites for hydroxylation is 1. The molecule has 4 aromatic rings. The first-order chi connectivity index (χ1) is 18.3. The van der Waals surface area contributed by atoms with E-state index in [1.54, 1.807) is 24.5 Å². The molecule has 38 heavy (non-hydrogen) atoms. The number of aromatic nitrogens is 4. The minimum absolute atomic E-state index is 0.169. The Morgan fingerprint density at radius 1 is 1.18 bits per heavy atom. The highest BCUT2D eigenvalue weighted by atomic mass is 35.5. The van der Waals surface area contributed by atoms with Crippen LogP contribution < -0.4 is 16.0 Å². The first kappa shape index (κ1) is 25.8. The van der Waals surface area contributed by atoms with Crippen LogP contribution in [-0.4, -0.2) is 63.8 Å². The van der Waals surface area contributed by atoms with Crippen molar-refractivity contribution in [2.75, 3.05) is 37.8 Å². The van der Waals surface area contributed by atoms with Crippen LogP contribution in [0.3, 0.4) is 0 Å². The van der Waals surface area contributed by atoms with E-state index >= 15 is 0 Å². The van der Waals surface area contributed by atoms with E-state index in [2.05, 4.69) is 25.9 Å². The molecule has 3 aromatic heterocycles. The monoisotopic (exact) mass is 550 g/mol. The zero-order valence-electron chi connectivity index (χ0n) is 21.2. The maximum absolute atomic E-state index is 12.3. The maximum atomic E-state index is 12.3. The Bertz CT molecular complexity index is 1500. The molecule has 0 aliphatic heterocycles. The number of anilines is 2. The summed E-state index contributed by atoms with van der Waals surface area (Å²) in [4.78, 5) is 35.8. The number of hydrogen-bond donors (Lipinski definition) is 3. The third-order valence-electron chi connectivity index (χ3n) is 6.00. The van der Waals surface area contributed by atoms with Crippen molar-refractivity contribution in [2.45, 2.75) is 19.8 Å². The van der Waals surface area contributed by atoms with Crippen LogP contribution >= 0.6 is 22.9 Å². The fourth-order valence-electron chi connectivity index (χ4n) is 4.31. The molecule has 0 saturated heterocycles. The van der Waals surface area contributed by atoms with E-state index in [1.165, 1.54) is 18.3 Å². The van der Waals surface area contributed by atoms with Gasteiger partial charge in [-0.1, -0.05) is 22.9 Å². The van der Waals surface area contributed by atoms with Crippen LogP contribution in [0.2, 0.25) is 5.02 Å². The van der Waals surface area contributed by atoms with Gasteiger partial charge in [-0.05, 0) is 57.3 Å². The van der Waals surface area contributed by atoms with Crippen LogP contribution in [0.1, 0.15) is 18.2 Å². The van der Waals surface area contributed by atoms with Gasteiger partial charge in [-0.15, -0.1) is 0 Å². The summed E-state index contributed by atoms with van der Waals surface area (Å²) in [7, 11) is 3.89. The van der Waals surface area contributed by atoms with Gasteiger partial charge in [0.15, 0.2) is 5.13 Å². The molecule has 1 aromatic carbocycles. The van der Waals surface area contributed by atoms with Crippen molar-refractivity contribution in [1.29, 1.82) is 0 Å². The number of amides is 3. The highest BCUT2D eigenvalue weighted by Gasteiger charge is 2.30. The predicted molar refractivity (Wildman–Crippen MR) is 150 cm³/mol. The summed E-state index contributed by atoms with van der Waals surface area (Å²) in [6.45, 7) is 2.73. The van der Waals surface area contributed by atoms with Crippen LogP contribution in [0.15, 0.2) is 42.7 Å². The molecule has 0 radical (unpaired) electrons. The summed E-state index contributed by atoms with van der Waals surface area (Å²) in [5, 5.41) is 14.4. The van der Waals surface area contributed by atoms with Gasteiger partial charge in [-0.2, -0.15) is 5.10 Å². The van der Waals surface area contributed by atoms with E-state index in [9.17, 15) is 9.59 Å². The zero-order valence-corrected chi connectivity index (χ0v) is 22.8. The predicted octanol–water partition coefficient (Wildman–Crippen LogP) is 4.45. The number of nitrogens with one attached hydrogen (secondary N) is 3. The molecular weight excluding hydrogens is 524 g/mol. The molecule has 12 heteroatoms. The lowest BCUT2D eigenvalue weighted by Gasteiger charge is -2.15. The van der Waals surface area contributed by atoms with Crippen molar-refractivity contribution in [1.82, 2.24) is 30.0 Å². The van der Waals surface area contributed by atoms with E-state index in [4.69, 9.17) is 16.7 Å². The summed E-state index contributed by atoms with van der Waals surface area (Å²) < 4.78 is 1.83. The van der Waals surface area contributed by atoms with Gasteiger partial charge >= 0.3 is 6.03 Å². The second-order valence-corrected chi connectivity index (χ2v) is 10.6. The molecule has 196 valence electrons. The number of pyridine rings is 1. The third-order valence-corrected chi connectivity index (χ3v) is 7.33. The standard InChI is InChI=1S/C26H27ClN8O2S/c1-15(36)30-26-32-20-8-7-18-22(16-5-4-10-28-14-16)33-35(23(18)24(20)38-26)21-9-6-17(13-19(21)27)31-25(37)29-11-12-34(2)3/h4-6,9-10,13-14H,7-8,11-12H2,1-3H3,(H2,29,31,37)(H,30,32,36). The Balaban J connectivity index is 1.53. The Hall–Kier alpha value is -3.80. The van der Waals surface area contributed by atoms with E-state index in [1.807, 2.05) is 41.9 Å². The van der Waals surface area contributed by atoms with Crippen molar-refractivity contribution in [3.05, 3.63) is 59.0 Å². The van der Waals surface area contributed by atoms with Crippen molar-refractivity contribution in [3.8, 4) is 27.5 Å². The van der Waals surface area contributed by atoms with Crippen molar-refractivity contribution < 1.29 is 9.59 Å². The van der Waals surface area contributed by atoms with E-state index < -0.39 is 0 Å². The fourth-order valence-corrected chi connectivity index (χ4v) is 5.68. The number of rotatable bonds is 7. The van der Waals surface area contributed by atoms with Gasteiger partial charge in [-0.25, -0.2) is 14.5 Å². The minimum Gasteiger partial charge on any atom is -0.337 e. The molecule has 3 amide bonds. The Labute approximate surface area is 229 Å². The molecule has 10 nitrogen and oxygen atoms in total. The van der Waals surface area contributed by atoms with Crippen molar-refractivity contribution in [3.63, 3.8) is 0 Å². The quantitative estimate of drug-likeness (QED) is 0.313. The summed E-state index contributed by atoms with van der Waals surface area (Å²) >= 11 is 8.19. The molecule has 3 N–H and O–H groups in total. The summed E-state index contributed by atoms with van der Waals surface area (Å²) in [6.07, 6.45) is 4.99. The molecule has 0 atom stereocenters. The number of urea groups is 1. The molecule has 5 rings (SSSR count). The minimum atomic E-state index is -0.300. The SMILES string of the molecule is CC(=O)Nc1nc2c(s1)-c1c(c(-c3cccnc3)nn1-c1ccc(NC(=O)NCCN(C)C)cc1Cl)CC2. The van der Waals surface area contributed by atoms with Crippen molar-refractivity contribution in [2.24, 2.45) is 0 Å². The second-order valence-electron chi connectivity index (χ2n) is 9.16. The lowest BCUT2D eigenvalue weighted by atomic mass is 9.95. The summed E-state index contributed by atoms with van der Waals surface area (Å²) in [5.41, 5.74) is 5.84. The van der Waals surface area contributed by atoms with Gasteiger partial charge in [0.05, 0.1) is 32.7 Å². The van der Waals surface area contributed by atoms with Gasteiger partial charge in [-0.3, -0.25) is 9.78 Å². The molecular formula is C26H27ClN8O2S. The van der Waals surface area contributed by atoms with Crippen LogP contribution in [0.4, 0.5) is 15.6 Å². The van der Waals surface area contributed by atoms with E-state index in [0.29, 0.717) is 28.1 Å². The number of likely N-dealkylation sites (N-methyl/N-ethyl adjacent to an activating group) is 1. The average molecular weight is 551 g/mol. The highest BCUT2D eigenvalue weighted by Crippen LogP contribution is 2.44. The van der Waals surface area contributed by atoms with Crippen LogP contribution in [0, 0.1) is 0 Å². The molecule has 0 saturated carbocycles. The van der Waals surface area contributed by atoms with E-state index in [-0.39, 0.29) is 11.9 Å². The van der Waals surface area contributed by atoms with Crippen LogP contribution in [-0.2, 0) is 17.6 Å². The topological polar surface area (TPSA) is 117 Å². The number of carbonyl (C=O) groups excluding carboxylic acids is 2. The maximum Gasteiger partial charge on any atom is 0.319 e. The molecule has 1 aliphatic carbocycles. The zero-order chi connectivity index (χ0) is 26.8. The number of hydrogen-bond acceptors (Lipinski definition) is 7. The number of fused-ring (bicyclic) bond motifs is 3. The van der Waals surface area contributed by atoms with Gasteiger partial charge in [0.2, 0.25) is 5.91 Å². The lowest BCUT2D eigenvalue weighted by molar-refractivity contribution is -0.114. The van der Waals surface area contributed by atoms with Crippen LogP contribution in [0.5, 0.6) is 0 Å². The van der Waals surface area contributed by atoms with Gasteiger partial charge in [0.1, 0.15) is 0 Å². The lowest BCUT2D eigenvalue weighted by Crippen LogP contribution is -2.34. The summed E-state index contributed by atoms with van der Waals surface area (Å²) in [6, 6.07) is 8.90. The third kappa shape index (κ3) is 5.40. The fraction of sp³-hybridized carbons (Fsp3) is 0.269. The first-order valence-corrected chi connectivity index (χ1v) is 13.3. The number of thiazole rings is 1. The Morgan fingerprint density at radius 2 is 2.03 bits per heavy atom. The van der Waals surface area contributed by atoms with Gasteiger partial charge in [0.25, 0.3) is 0 Å². The highest BCUT2D eigenvalue weighted by molar-refractivity contribution is 7.19. The largest absolute Gasteiger partial charge is 0.337 e. The van der Waals surface area contributed by atoms with Crippen LogP contribution in [0.25, 0.3) is 27.5 Å². The molecule has 0 bridgehead atoms. The Kier molecular flexibility index (Phi) is 7.41. The molecule has 3 heterocycles. The van der Waals surface area contributed by atoms with E-state index in [0.717, 1.165) is 52.5 Å². The smallest absolute Gasteiger partial charge is 0.319 e. The Morgan fingerprint density at radius 3 is 2.74 bits per heavy atom. The van der Waals surface area contributed by atoms with Crippen molar-refractivity contribution >= 4 is 45.7 Å². The summed E-state index contributed by atoms with van der Waals surface area (Å²) in [5.74, 6) is -0.169. The molecule has 0 unspecified atom stereocenters. The second kappa shape index (κ2) is 10.9. The number of carbonyl (C=O) groups is 2. The normalized spacial score (nSPS) is 12.1. The number of benzene rings is 1. The number of halogens is 1. The average Bonchev–Trinajstić information content (AvgIpc) is 3.45. The first-order valence-electron chi connectivity index (χ1n) is 12.1. The number of nitrogens with zero attached hydrogens (tertiary/aromatic N) is 5. The molecule has 1 aliphatic rings.